The van der Waals surface area contributed by atoms with Crippen LogP contribution < -0.4 is 0 Å². The monoisotopic (exact) mass is 329 g/mol. The number of hydrogen-bond donors (Lipinski definition) is 0. The topological polar surface area (TPSA) is 63.7 Å². The Morgan fingerprint density at radius 1 is 1.52 bits per heavy atom. The maximum absolute atomic E-state index is 12.4. The molecule has 1 amide bonds. The van der Waals surface area contributed by atoms with Crippen molar-refractivity contribution in [1.82, 2.24) is 4.90 Å². The molecule has 2 saturated heterocycles. The fourth-order valence-electron chi connectivity index (χ4n) is 3.39. The second kappa shape index (κ2) is 5.07. The minimum absolute atomic E-state index is 0.000910. The molecular weight excluding hydrogens is 310 g/mol. The number of thiophene rings is 1. The molecule has 1 aromatic heterocycles. The highest BCUT2D eigenvalue weighted by Gasteiger charge is 2.62. The average Bonchev–Trinajstić information content (AvgIpc) is 2.90. The molecule has 2 aliphatic rings. The Morgan fingerprint density at radius 3 is 2.81 bits per heavy atom. The van der Waals surface area contributed by atoms with E-state index in [1.165, 1.54) is 11.3 Å². The number of sulfone groups is 1. The smallest absolute Gasteiger partial charge is 0.264 e. The van der Waals surface area contributed by atoms with Gasteiger partial charge >= 0.3 is 0 Å². The van der Waals surface area contributed by atoms with Gasteiger partial charge in [-0.1, -0.05) is 0 Å². The Balaban J connectivity index is 1.79. The van der Waals surface area contributed by atoms with Crippen LogP contribution in [0.5, 0.6) is 0 Å². The number of hydrogen-bond acceptors (Lipinski definition) is 5. The molecule has 1 unspecified atom stereocenters. The number of aryl methyl sites for hydroxylation is 1. The van der Waals surface area contributed by atoms with Crippen LogP contribution in [-0.4, -0.2) is 56.5 Å². The van der Waals surface area contributed by atoms with Crippen molar-refractivity contribution in [2.24, 2.45) is 5.92 Å². The lowest BCUT2D eigenvalue weighted by Gasteiger charge is -2.49. The van der Waals surface area contributed by atoms with E-state index in [9.17, 15) is 13.2 Å². The summed E-state index contributed by atoms with van der Waals surface area (Å²) in [5.74, 6) is 0.161. The van der Waals surface area contributed by atoms with Crippen molar-refractivity contribution in [3.63, 3.8) is 0 Å². The molecular formula is C14H19NO4S2. The molecule has 0 aromatic carbocycles. The molecule has 0 bridgehead atoms. The molecule has 0 saturated carbocycles. The van der Waals surface area contributed by atoms with Gasteiger partial charge in [0.15, 0.2) is 9.84 Å². The first-order chi connectivity index (χ1) is 9.91. The number of amides is 1. The fourth-order valence-corrected chi connectivity index (χ4v) is 6.68. The summed E-state index contributed by atoms with van der Waals surface area (Å²) in [6, 6.07) is 1.91. The zero-order valence-corrected chi connectivity index (χ0v) is 13.8. The van der Waals surface area contributed by atoms with Crippen molar-refractivity contribution < 1.29 is 17.9 Å². The highest BCUT2D eigenvalue weighted by molar-refractivity contribution is 7.93. The van der Waals surface area contributed by atoms with Crippen molar-refractivity contribution in [1.29, 1.82) is 0 Å². The summed E-state index contributed by atoms with van der Waals surface area (Å²) >= 11 is 1.41. The molecule has 3 rings (SSSR count). The van der Waals surface area contributed by atoms with Gasteiger partial charge in [0.1, 0.15) is 4.75 Å². The summed E-state index contributed by atoms with van der Waals surface area (Å²) in [5, 5.41) is 1.89. The van der Waals surface area contributed by atoms with Gasteiger partial charge in [-0.2, -0.15) is 0 Å². The third-order valence-electron chi connectivity index (χ3n) is 4.73. The van der Waals surface area contributed by atoms with Crippen molar-refractivity contribution in [2.75, 3.05) is 32.6 Å². The van der Waals surface area contributed by atoms with E-state index in [1.54, 1.807) is 12.0 Å². The van der Waals surface area contributed by atoms with Crippen LogP contribution in [0.3, 0.4) is 0 Å². The summed E-state index contributed by atoms with van der Waals surface area (Å²) in [7, 11) is -1.54. The van der Waals surface area contributed by atoms with Gasteiger partial charge in [0.2, 0.25) is 0 Å². The normalized spacial score (nSPS) is 26.0. The van der Waals surface area contributed by atoms with E-state index in [0.717, 1.165) is 5.56 Å². The van der Waals surface area contributed by atoms with Crippen LogP contribution in [0.2, 0.25) is 0 Å². The lowest BCUT2D eigenvalue weighted by atomic mass is 9.83. The SMILES string of the molecule is COCC1CCS(=O)(=O)C12CN(C(=O)c1sccc1C)C2. The fraction of sp³-hybridized carbons (Fsp3) is 0.643. The predicted octanol–water partition coefficient (Wildman–Crippen LogP) is 1.33. The van der Waals surface area contributed by atoms with Gasteiger partial charge in [-0.05, 0) is 30.4 Å². The van der Waals surface area contributed by atoms with E-state index >= 15 is 0 Å². The molecule has 1 aromatic rings. The number of methoxy groups -OCH3 is 1. The standard InChI is InChI=1S/C14H19NO4S2/c1-10-3-5-20-12(10)13(16)15-8-14(9-15)11(7-19-2)4-6-21(14,17)18/h3,5,11H,4,6-9H2,1-2H3. The number of ether oxygens (including phenoxy) is 1. The molecule has 5 nitrogen and oxygen atoms in total. The molecule has 1 spiro atoms. The number of likely N-dealkylation sites (tertiary alicyclic amines) is 1. The summed E-state index contributed by atoms with van der Waals surface area (Å²) in [5.41, 5.74) is 0.952. The molecule has 1 atom stereocenters. The van der Waals surface area contributed by atoms with Crippen molar-refractivity contribution in [3.8, 4) is 0 Å². The third-order valence-corrected chi connectivity index (χ3v) is 8.33. The van der Waals surface area contributed by atoms with Crippen LogP contribution in [0.1, 0.15) is 21.7 Å². The molecule has 21 heavy (non-hydrogen) atoms. The van der Waals surface area contributed by atoms with Gasteiger partial charge in [0.25, 0.3) is 5.91 Å². The van der Waals surface area contributed by atoms with E-state index in [-0.39, 0.29) is 17.6 Å². The van der Waals surface area contributed by atoms with Gasteiger partial charge in [-0.25, -0.2) is 8.42 Å². The number of rotatable bonds is 3. The Labute approximate surface area is 128 Å². The number of carbonyl (C=O) groups excluding carboxylic acids is 1. The summed E-state index contributed by atoms with van der Waals surface area (Å²) in [6.07, 6.45) is 0.635. The first kappa shape index (κ1) is 15.0. The first-order valence-electron chi connectivity index (χ1n) is 6.96. The minimum atomic E-state index is -3.14. The van der Waals surface area contributed by atoms with Crippen LogP contribution >= 0.6 is 11.3 Å². The summed E-state index contributed by atoms with van der Waals surface area (Å²) in [6.45, 7) is 2.96. The number of carbonyl (C=O) groups is 1. The van der Waals surface area contributed by atoms with Crippen molar-refractivity contribution in [3.05, 3.63) is 21.9 Å². The van der Waals surface area contributed by atoms with E-state index < -0.39 is 14.6 Å². The molecule has 3 heterocycles. The van der Waals surface area contributed by atoms with Crippen LogP contribution in [-0.2, 0) is 14.6 Å². The third kappa shape index (κ3) is 2.13. The summed E-state index contributed by atoms with van der Waals surface area (Å²) < 4.78 is 29.2. The number of nitrogens with zero attached hydrogens (tertiary/aromatic N) is 1. The van der Waals surface area contributed by atoms with Gasteiger partial charge in [0.05, 0.1) is 17.2 Å². The van der Waals surface area contributed by atoms with Crippen LogP contribution in [0, 0.1) is 12.8 Å². The summed E-state index contributed by atoms with van der Waals surface area (Å²) in [4.78, 5) is 14.8. The van der Waals surface area contributed by atoms with Gasteiger partial charge in [-0.15, -0.1) is 11.3 Å². The van der Waals surface area contributed by atoms with E-state index in [4.69, 9.17) is 4.74 Å². The second-order valence-electron chi connectivity index (χ2n) is 5.92. The van der Waals surface area contributed by atoms with Crippen molar-refractivity contribution in [2.45, 2.75) is 18.1 Å². The molecule has 116 valence electrons. The van der Waals surface area contributed by atoms with E-state index in [0.29, 0.717) is 31.0 Å². The average molecular weight is 329 g/mol. The molecule has 0 radical (unpaired) electrons. The van der Waals surface area contributed by atoms with E-state index in [2.05, 4.69) is 0 Å². The van der Waals surface area contributed by atoms with Crippen molar-refractivity contribution >= 4 is 27.1 Å². The molecule has 2 aliphatic heterocycles. The quantitative estimate of drug-likeness (QED) is 0.839. The Kier molecular flexibility index (Phi) is 3.62. The lowest BCUT2D eigenvalue weighted by Crippen LogP contribution is -2.68. The van der Waals surface area contributed by atoms with E-state index in [1.807, 2.05) is 18.4 Å². The zero-order valence-electron chi connectivity index (χ0n) is 12.2. The maximum Gasteiger partial charge on any atom is 0.264 e. The largest absolute Gasteiger partial charge is 0.384 e. The van der Waals surface area contributed by atoms with Gasteiger partial charge in [0, 0.05) is 26.1 Å². The minimum Gasteiger partial charge on any atom is -0.384 e. The molecule has 0 aliphatic carbocycles. The molecule has 2 fully saturated rings. The molecule has 0 N–H and O–H groups in total. The lowest BCUT2D eigenvalue weighted by molar-refractivity contribution is 0.0340. The Hall–Kier alpha value is -0.920. The first-order valence-corrected chi connectivity index (χ1v) is 9.49. The zero-order chi connectivity index (χ0) is 15.3. The Morgan fingerprint density at radius 2 is 2.24 bits per heavy atom. The predicted molar refractivity (Wildman–Crippen MR) is 81.5 cm³/mol. The highest BCUT2D eigenvalue weighted by atomic mass is 32.2. The van der Waals surface area contributed by atoms with Crippen LogP contribution in [0.25, 0.3) is 0 Å². The van der Waals surface area contributed by atoms with Gasteiger partial charge in [-0.3, -0.25) is 4.79 Å². The second-order valence-corrected chi connectivity index (χ2v) is 9.29. The van der Waals surface area contributed by atoms with Gasteiger partial charge < -0.3 is 9.64 Å². The highest BCUT2D eigenvalue weighted by Crippen LogP contribution is 2.45. The van der Waals surface area contributed by atoms with Crippen LogP contribution in [0.4, 0.5) is 0 Å². The molecule has 7 heteroatoms. The maximum atomic E-state index is 12.4. The van der Waals surface area contributed by atoms with Crippen LogP contribution in [0.15, 0.2) is 11.4 Å². The Bertz CT molecular complexity index is 658.